The second kappa shape index (κ2) is 8.54. The van der Waals surface area contributed by atoms with E-state index in [2.05, 4.69) is 4.57 Å². The van der Waals surface area contributed by atoms with Crippen LogP contribution in [0.1, 0.15) is 11.1 Å². The van der Waals surface area contributed by atoms with Gasteiger partial charge in [0.25, 0.3) is 5.91 Å². The number of anilines is 1. The van der Waals surface area contributed by atoms with E-state index in [1.807, 2.05) is 60.8 Å². The summed E-state index contributed by atoms with van der Waals surface area (Å²) in [7, 11) is 0. The first-order valence-electron chi connectivity index (χ1n) is 9.86. The Morgan fingerprint density at radius 1 is 1.03 bits per heavy atom. The lowest BCUT2D eigenvalue weighted by Crippen LogP contribution is -2.27. The normalized spacial score (nSPS) is 15.3. The van der Waals surface area contributed by atoms with Crippen LogP contribution in [0.2, 0.25) is 5.02 Å². The number of benzene rings is 3. The number of thioether (sulfide) groups is 1. The first-order valence-corrected chi connectivity index (χ1v) is 11.5. The largest absolute Gasteiger partial charge is 0.342 e. The molecule has 0 atom stereocenters. The topological polar surface area (TPSA) is 25.2 Å². The molecule has 2 heterocycles. The van der Waals surface area contributed by atoms with Crippen LogP contribution in [-0.4, -0.2) is 14.8 Å². The Hall–Kier alpha value is -2.93. The predicted molar refractivity (Wildman–Crippen MR) is 135 cm³/mol. The van der Waals surface area contributed by atoms with Crippen molar-refractivity contribution in [2.45, 2.75) is 6.54 Å². The van der Waals surface area contributed by atoms with Crippen molar-refractivity contribution < 1.29 is 9.18 Å². The summed E-state index contributed by atoms with van der Waals surface area (Å²) >= 11 is 13.0. The molecule has 0 bridgehead atoms. The van der Waals surface area contributed by atoms with Crippen LogP contribution in [0.15, 0.2) is 83.9 Å². The lowest BCUT2D eigenvalue weighted by Gasteiger charge is -2.14. The van der Waals surface area contributed by atoms with Crippen LogP contribution in [0, 0.1) is 5.82 Å². The maximum atomic E-state index is 13.7. The monoisotopic (exact) mass is 478 g/mol. The maximum absolute atomic E-state index is 13.7. The first-order chi connectivity index (χ1) is 15.5. The van der Waals surface area contributed by atoms with Gasteiger partial charge in [0.2, 0.25) is 0 Å². The van der Waals surface area contributed by atoms with E-state index in [0.717, 1.165) is 22.0 Å². The van der Waals surface area contributed by atoms with Gasteiger partial charge >= 0.3 is 0 Å². The second-order valence-electron chi connectivity index (χ2n) is 7.32. The molecule has 0 radical (unpaired) electrons. The molecule has 158 valence electrons. The minimum absolute atomic E-state index is 0.256. The third-order valence-corrected chi connectivity index (χ3v) is 6.94. The Bertz CT molecular complexity index is 1410. The summed E-state index contributed by atoms with van der Waals surface area (Å²) in [4.78, 5) is 15.0. The molecule has 1 aromatic heterocycles. The molecule has 0 N–H and O–H groups in total. The van der Waals surface area contributed by atoms with Crippen LogP contribution in [0.3, 0.4) is 0 Å². The number of halogens is 2. The maximum Gasteiger partial charge on any atom is 0.270 e. The van der Waals surface area contributed by atoms with E-state index >= 15 is 0 Å². The van der Waals surface area contributed by atoms with Gasteiger partial charge in [-0.05, 0) is 42.0 Å². The van der Waals surface area contributed by atoms with Gasteiger partial charge in [-0.2, -0.15) is 0 Å². The van der Waals surface area contributed by atoms with Crippen molar-refractivity contribution in [2.75, 3.05) is 4.90 Å². The summed E-state index contributed by atoms with van der Waals surface area (Å²) in [5, 5.41) is 1.73. The van der Waals surface area contributed by atoms with Gasteiger partial charge in [-0.25, -0.2) is 4.39 Å². The Morgan fingerprint density at radius 2 is 1.81 bits per heavy atom. The Kier molecular flexibility index (Phi) is 5.59. The smallest absolute Gasteiger partial charge is 0.270 e. The van der Waals surface area contributed by atoms with Gasteiger partial charge in [0.15, 0.2) is 4.32 Å². The quantitative estimate of drug-likeness (QED) is 0.236. The van der Waals surface area contributed by atoms with Crippen molar-refractivity contribution in [2.24, 2.45) is 0 Å². The Balaban J connectivity index is 1.53. The van der Waals surface area contributed by atoms with Crippen LogP contribution in [0.4, 0.5) is 10.1 Å². The molecule has 7 heteroatoms. The molecule has 0 saturated carbocycles. The van der Waals surface area contributed by atoms with Crippen LogP contribution >= 0.6 is 35.6 Å². The van der Waals surface area contributed by atoms with Crippen molar-refractivity contribution in [3.8, 4) is 0 Å². The van der Waals surface area contributed by atoms with Crippen LogP contribution < -0.4 is 4.90 Å². The van der Waals surface area contributed by atoms with Gasteiger partial charge in [-0.1, -0.05) is 78.0 Å². The molecule has 0 aliphatic carbocycles. The van der Waals surface area contributed by atoms with Crippen molar-refractivity contribution in [1.82, 2.24) is 4.57 Å². The van der Waals surface area contributed by atoms with Crippen LogP contribution in [0.25, 0.3) is 17.0 Å². The highest BCUT2D eigenvalue weighted by Crippen LogP contribution is 2.37. The number of hydrogen-bond donors (Lipinski definition) is 0. The number of thiocarbonyl (C=S) groups is 1. The molecule has 1 aliphatic rings. The van der Waals surface area contributed by atoms with E-state index in [9.17, 15) is 9.18 Å². The number of hydrogen-bond acceptors (Lipinski definition) is 3. The number of amides is 1. The molecular weight excluding hydrogens is 463 g/mol. The van der Waals surface area contributed by atoms with Crippen LogP contribution in [-0.2, 0) is 11.3 Å². The Morgan fingerprint density at radius 3 is 2.62 bits per heavy atom. The number of aromatic nitrogens is 1. The second-order valence-corrected chi connectivity index (χ2v) is 9.40. The minimum Gasteiger partial charge on any atom is -0.342 e. The van der Waals surface area contributed by atoms with Gasteiger partial charge in [-0.15, -0.1) is 0 Å². The van der Waals surface area contributed by atoms with E-state index < -0.39 is 5.82 Å². The molecule has 1 aliphatic heterocycles. The lowest BCUT2D eigenvalue weighted by atomic mass is 10.1. The van der Waals surface area contributed by atoms with Crippen LogP contribution in [0.5, 0.6) is 0 Å². The summed E-state index contributed by atoms with van der Waals surface area (Å²) in [5.74, 6) is -0.670. The lowest BCUT2D eigenvalue weighted by molar-refractivity contribution is -0.113. The summed E-state index contributed by atoms with van der Waals surface area (Å²) in [5.41, 5.74) is 3.39. The molecule has 3 nitrogen and oxygen atoms in total. The summed E-state index contributed by atoms with van der Waals surface area (Å²) in [6.45, 7) is 0.609. The first kappa shape index (κ1) is 20.9. The minimum atomic E-state index is -0.414. The standard InChI is InChI=1S/C25H16ClFN2OS2/c26-21-10-3-1-6-16(21)14-28-15-17(20-9-2-4-11-22(20)28)12-23-24(30)29(25(31)32-23)19-8-5-7-18(27)13-19/h1-13,15H,14H2/b23-12+. The van der Waals surface area contributed by atoms with E-state index in [1.54, 1.807) is 12.1 Å². The van der Waals surface area contributed by atoms with E-state index in [-0.39, 0.29) is 5.91 Å². The number of carbonyl (C=O) groups excluding carboxylic acids is 1. The molecule has 1 fully saturated rings. The van der Waals surface area contributed by atoms with Crippen molar-refractivity contribution in [3.05, 3.63) is 106 Å². The van der Waals surface area contributed by atoms with Crippen molar-refractivity contribution >= 4 is 68.5 Å². The average molecular weight is 479 g/mol. The molecule has 5 rings (SSSR count). The van der Waals surface area contributed by atoms with Crippen molar-refractivity contribution in [3.63, 3.8) is 0 Å². The van der Waals surface area contributed by atoms with Gasteiger partial charge in [0, 0.05) is 34.2 Å². The molecule has 0 spiro atoms. The molecule has 0 unspecified atom stereocenters. The van der Waals surface area contributed by atoms with E-state index in [4.69, 9.17) is 23.8 Å². The predicted octanol–water partition coefficient (Wildman–Crippen LogP) is 6.89. The zero-order valence-corrected chi connectivity index (χ0v) is 19.1. The fourth-order valence-electron chi connectivity index (χ4n) is 3.78. The van der Waals surface area contributed by atoms with E-state index in [1.165, 1.54) is 28.8 Å². The SMILES string of the molecule is O=C1/C(=C\c2cn(Cc3ccccc3Cl)c3ccccc23)SC(=S)N1c1cccc(F)c1. The zero-order valence-electron chi connectivity index (χ0n) is 16.7. The summed E-state index contributed by atoms with van der Waals surface area (Å²) in [6.07, 6.45) is 3.87. The number of nitrogens with zero attached hydrogens (tertiary/aromatic N) is 2. The molecule has 1 amide bonds. The van der Waals surface area contributed by atoms with E-state index in [0.29, 0.717) is 26.5 Å². The van der Waals surface area contributed by atoms with Crippen molar-refractivity contribution in [1.29, 1.82) is 0 Å². The number of rotatable bonds is 4. The molecule has 1 saturated heterocycles. The molecule has 3 aromatic carbocycles. The molecular formula is C25H16ClFN2OS2. The molecule has 32 heavy (non-hydrogen) atoms. The summed E-state index contributed by atoms with van der Waals surface area (Å²) < 4.78 is 16.2. The Labute approximate surface area is 199 Å². The fraction of sp³-hybridized carbons (Fsp3) is 0.0400. The van der Waals surface area contributed by atoms with Gasteiger partial charge in [-0.3, -0.25) is 9.69 Å². The number of fused-ring (bicyclic) bond motifs is 1. The fourth-order valence-corrected chi connectivity index (χ4v) is 5.26. The van der Waals surface area contributed by atoms with Gasteiger partial charge in [0.1, 0.15) is 5.82 Å². The van der Waals surface area contributed by atoms with Gasteiger partial charge < -0.3 is 4.57 Å². The highest BCUT2D eigenvalue weighted by molar-refractivity contribution is 8.27. The summed E-state index contributed by atoms with van der Waals surface area (Å²) in [6, 6.07) is 21.7. The third-order valence-electron chi connectivity index (χ3n) is 5.26. The highest BCUT2D eigenvalue weighted by Gasteiger charge is 2.33. The average Bonchev–Trinajstić information content (AvgIpc) is 3.26. The molecule has 4 aromatic rings. The number of carbonyl (C=O) groups is 1. The zero-order chi connectivity index (χ0) is 22.2. The third kappa shape index (κ3) is 3.86. The van der Waals surface area contributed by atoms with Gasteiger partial charge in [0.05, 0.1) is 10.6 Å². The highest BCUT2D eigenvalue weighted by atomic mass is 35.5. The number of para-hydroxylation sites is 1.